The molecule has 1 aromatic carbocycles. The van der Waals surface area contributed by atoms with Crippen LogP contribution in [0.3, 0.4) is 0 Å². The standard InChI is InChI=1S/C17H25NO4/c1-6-21-14-10-8-13(9-11-14)12-15(19)18(5)17(3,4)16(20)22-7-2/h8-11H,6-7,12H2,1-5H3. The normalized spacial score (nSPS) is 11.0. The van der Waals surface area contributed by atoms with E-state index >= 15 is 0 Å². The van der Waals surface area contributed by atoms with Gasteiger partial charge in [0.05, 0.1) is 19.6 Å². The molecule has 22 heavy (non-hydrogen) atoms. The summed E-state index contributed by atoms with van der Waals surface area (Å²) < 4.78 is 10.4. The van der Waals surface area contributed by atoms with Gasteiger partial charge < -0.3 is 14.4 Å². The first-order chi connectivity index (χ1) is 10.3. The molecule has 0 saturated heterocycles. The predicted molar refractivity (Wildman–Crippen MR) is 84.8 cm³/mol. The van der Waals surface area contributed by atoms with Gasteiger partial charge in [-0.25, -0.2) is 4.79 Å². The van der Waals surface area contributed by atoms with Crippen LogP contribution in [0.1, 0.15) is 33.3 Å². The van der Waals surface area contributed by atoms with Crippen molar-refractivity contribution in [2.75, 3.05) is 20.3 Å². The molecule has 0 heterocycles. The number of hydrogen-bond donors (Lipinski definition) is 0. The van der Waals surface area contributed by atoms with E-state index in [1.165, 1.54) is 4.90 Å². The van der Waals surface area contributed by atoms with Crippen LogP contribution in [0.4, 0.5) is 0 Å². The zero-order valence-electron chi connectivity index (χ0n) is 14.0. The predicted octanol–water partition coefficient (Wildman–Crippen LogP) is 2.43. The van der Waals surface area contributed by atoms with Crippen LogP contribution in [0.2, 0.25) is 0 Å². The number of carbonyl (C=O) groups is 2. The highest BCUT2D eigenvalue weighted by molar-refractivity contribution is 5.88. The van der Waals surface area contributed by atoms with Gasteiger partial charge in [-0.15, -0.1) is 0 Å². The van der Waals surface area contributed by atoms with E-state index in [1.807, 2.05) is 31.2 Å². The highest BCUT2D eigenvalue weighted by Crippen LogP contribution is 2.18. The lowest BCUT2D eigenvalue weighted by Crippen LogP contribution is -2.52. The second-order valence-electron chi connectivity index (χ2n) is 5.49. The maximum absolute atomic E-state index is 12.4. The van der Waals surface area contributed by atoms with E-state index in [-0.39, 0.29) is 12.3 Å². The summed E-state index contributed by atoms with van der Waals surface area (Å²) >= 11 is 0. The molecule has 122 valence electrons. The summed E-state index contributed by atoms with van der Waals surface area (Å²) in [5.74, 6) is 0.235. The molecule has 0 aliphatic heterocycles. The molecular weight excluding hydrogens is 282 g/mol. The zero-order chi connectivity index (χ0) is 16.8. The Morgan fingerprint density at radius 3 is 2.18 bits per heavy atom. The van der Waals surface area contributed by atoms with Crippen LogP contribution in [0.25, 0.3) is 0 Å². The van der Waals surface area contributed by atoms with Crippen molar-refractivity contribution >= 4 is 11.9 Å². The van der Waals surface area contributed by atoms with E-state index in [4.69, 9.17) is 9.47 Å². The van der Waals surface area contributed by atoms with Gasteiger partial charge in [0, 0.05) is 7.05 Å². The minimum Gasteiger partial charge on any atom is -0.494 e. The summed E-state index contributed by atoms with van der Waals surface area (Å²) in [7, 11) is 1.62. The van der Waals surface area contributed by atoms with Crippen molar-refractivity contribution in [3.05, 3.63) is 29.8 Å². The summed E-state index contributed by atoms with van der Waals surface area (Å²) in [5, 5.41) is 0. The van der Waals surface area contributed by atoms with Gasteiger partial charge in [0.1, 0.15) is 11.3 Å². The lowest BCUT2D eigenvalue weighted by Gasteiger charge is -2.33. The summed E-state index contributed by atoms with van der Waals surface area (Å²) in [6.07, 6.45) is 0.228. The molecule has 0 fully saturated rings. The van der Waals surface area contributed by atoms with Gasteiger partial charge in [0.25, 0.3) is 0 Å². The van der Waals surface area contributed by atoms with E-state index in [1.54, 1.807) is 27.8 Å². The number of amides is 1. The maximum Gasteiger partial charge on any atom is 0.331 e. The van der Waals surface area contributed by atoms with Gasteiger partial charge in [0.15, 0.2) is 0 Å². The molecule has 0 unspecified atom stereocenters. The molecule has 5 nitrogen and oxygen atoms in total. The lowest BCUT2D eigenvalue weighted by atomic mass is 10.0. The van der Waals surface area contributed by atoms with Crippen LogP contribution >= 0.6 is 0 Å². The van der Waals surface area contributed by atoms with Gasteiger partial charge in [-0.2, -0.15) is 0 Å². The van der Waals surface area contributed by atoms with Gasteiger partial charge in [-0.05, 0) is 45.4 Å². The highest BCUT2D eigenvalue weighted by Gasteiger charge is 2.36. The monoisotopic (exact) mass is 307 g/mol. The Balaban J connectivity index is 2.72. The minimum absolute atomic E-state index is 0.137. The molecular formula is C17H25NO4. The Morgan fingerprint density at radius 2 is 1.68 bits per heavy atom. The number of carbonyl (C=O) groups excluding carboxylic acids is 2. The first-order valence-electron chi connectivity index (χ1n) is 7.48. The van der Waals surface area contributed by atoms with Gasteiger partial charge in [-0.1, -0.05) is 12.1 Å². The van der Waals surface area contributed by atoms with Crippen LogP contribution in [-0.2, 0) is 20.7 Å². The van der Waals surface area contributed by atoms with Gasteiger partial charge in [0.2, 0.25) is 5.91 Å². The summed E-state index contributed by atoms with van der Waals surface area (Å²) in [5.41, 5.74) is -0.113. The van der Waals surface area contributed by atoms with Crippen molar-refractivity contribution in [2.24, 2.45) is 0 Å². The largest absolute Gasteiger partial charge is 0.494 e. The second-order valence-corrected chi connectivity index (χ2v) is 5.49. The fourth-order valence-electron chi connectivity index (χ4n) is 1.92. The smallest absolute Gasteiger partial charge is 0.331 e. The third-order valence-electron chi connectivity index (χ3n) is 3.58. The number of benzene rings is 1. The molecule has 1 rings (SSSR count). The van der Waals surface area contributed by atoms with E-state index in [2.05, 4.69) is 0 Å². The first kappa shape index (κ1) is 18.0. The third-order valence-corrected chi connectivity index (χ3v) is 3.58. The van der Waals surface area contributed by atoms with E-state index in [9.17, 15) is 9.59 Å². The third kappa shape index (κ3) is 4.48. The molecule has 0 aliphatic rings. The Morgan fingerprint density at radius 1 is 1.09 bits per heavy atom. The molecule has 0 aromatic heterocycles. The molecule has 5 heteroatoms. The maximum atomic E-state index is 12.4. The first-order valence-corrected chi connectivity index (χ1v) is 7.48. The summed E-state index contributed by atoms with van der Waals surface area (Å²) in [4.78, 5) is 25.7. The molecule has 0 aliphatic carbocycles. The van der Waals surface area contributed by atoms with Crippen molar-refractivity contribution in [3.63, 3.8) is 0 Å². The summed E-state index contributed by atoms with van der Waals surface area (Å²) in [6, 6.07) is 7.38. The summed E-state index contributed by atoms with van der Waals surface area (Å²) in [6.45, 7) is 7.93. The topological polar surface area (TPSA) is 55.8 Å². The van der Waals surface area contributed by atoms with E-state index in [0.717, 1.165) is 11.3 Å². The van der Waals surface area contributed by atoms with Crippen LogP contribution in [0.15, 0.2) is 24.3 Å². The Kier molecular flexibility index (Phi) is 6.40. The molecule has 0 bridgehead atoms. The second kappa shape index (κ2) is 7.82. The number of ether oxygens (including phenoxy) is 2. The van der Waals surface area contributed by atoms with Crippen LogP contribution < -0.4 is 4.74 Å². The zero-order valence-corrected chi connectivity index (χ0v) is 14.0. The lowest BCUT2D eigenvalue weighted by molar-refractivity contribution is -0.160. The number of nitrogens with zero attached hydrogens (tertiary/aromatic N) is 1. The van der Waals surface area contributed by atoms with Crippen molar-refractivity contribution in [3.8, 4) is 5.75 Å². The van der Waals surface area contributed by atoms with E-state index < -0.39 is 11.5 Å². The fourth-order valence-corrected chi connectivity index (χ4v) is 1.92. The SMILES string of the molecule is CCOC(=O)C(C)(C)N(C)C(=O)Cc1ccc(OCC)cc1. The molecule has 0 spiro atoms. The number of hydrogen-bond acceptors (Lipinski definition) is 4. The Hall–Kier alpha value is -2.04. The fraction of sp³-hybridized carbons (Fsp3) is 0.529. The van der Waals surface area contributed by atoms with Crippen LogP contribution in [0.5, 0.6) is 5.75 Å². The Bertz CT molecular complexity index is 508. The van der Waals surface area contributed by atoms with Crippen LogP contribution in [-0.4, -0.2) is 42.6 Å². The minimum atomic E-state index is -0.988. The van der Waals surface area contributed by atoms with Gasteiger partial charge >= 0.3 is 5.97 Å². The molecule has 0 N–H and O–H groups in total. The molecule has 0 radical (unpaired) electrons. The number of rotatable bonds is 7. The van der Waals surface area contributed by atoms with Crippen molar-refractivity contribution < 1.29 is 19.1 Å². The number of esters is 1. The van der Waals surface area contributed by atoms with Gasteiger partial charge in [-0.3, -0.25) is 4.79 Å². The molecule has 1 amide bonds. The quantitative estimate of drug-likeness (QED) is 0.726. The number of likely N-dealkylation sites (N-methyl/N-ethyl adjacent to an activating group) is 1. The Labute approximate surface area is 132 Å². The highest BCUT2D eigenvalue weighted by atomic mass is 16.5. The van der Waals surface area contributed by atoms with Crippen molar-refractivity contribution in [1.29, 1.82) is 0 Å². The van der Waals surface area contributed by atoms with Crippen molar-refractivity contribution in [1.82, 2.24) is 4.90 Å². The molecule has 1 aromatic rings. The van der Waals surface area contributed by atoms with E-state index in [0.29, 0.717) is 13.2 Å². The average molecular weight is 307 g/mol. The molecule has 0 atom stereocenters. The average Bonchev–Trinajstić information content (AvgIpc) is 2.48. The molecule has 0 saturated carbocycles. The van der Waals surface area contributed by atoms with Crippen LogP contribution in [0, 0.1) is 0 Å². The van der Waals surface area contributed by atoms with Crippen molar-refractivity contribution in [2.45, 2.75) is 39.7 Å².